The van der Waals surface area contributed by atoms with Crippen LogP contribution in [-0.2, 0) is 9.59 Å². The Bertz CT molecular complexity index is 472. The van der Waals surface area contributed by atoms with E-state index in [2.05, 4.69) is 26.2 Å². The van der Waals surface area contributed by atoms with E-state index in [-0.39, 0.29) is 5.75 Å². The number of carboxylic acid groups (broad SMARTS) is 1. The molecule has 0 aliphatic heterocycles. The first-order chi connectivity index (χ1) is 8.40. The van der Waals surface area contributed by atoms with Gasteiger partial charge in [-0.2, -0.15) is 0 Å². The van der Waals surface area contributed by atoms with Crippen LogP contribution in [0.15, 0.2) is 21.8 Å². The summed E-state index contributed by atoms with van der Waals surface area (Å²) in [6, 6.07) is 0.708. The lowest BCUT2D eigenvalue weighted by Gasteiger charge is -2.12. The smallest absolute Gasteiger partial charge is 0.327 e. The maximum Gasteiger partial charge on any atom is 0.327 e. The maximum atomic E-state index is 10.9. The molecule has 5 nitrogen and oxygen atoms in total. The highest BCUT2D eigenvalue weighted by molar-refractivity contribution is 9.10. The van der Waals surface area contributed by atoms with Crippen LogP contribution in [0.5, 0.6) is 0 Å². The molecule has 0 aromatic carbocycles. The zero-order chi connectivity index (χ0) is 13.7. The van der Waals surface area contributed by atoms with Crippen LogP contribution in [0, 0.1) is 0 Å². The molecule has 0 spiro atoms. The standard InChI is InChI=1S/C10H10BrClN2O3S/c1-5(15)14-8(10(16)17)4-18-9-7(12)2-6(11)3-13-9/h2-3,8H,4H2,1H3,(H,14,15)(H,16,17). The minimum absolute atomic E-state index is 0.156. The molecule has 0 bridgehead atoms. The van der Waals surface area contributed by atoms with Gasteiger partial charge in [-0.05, 0) is 22.0 Å². The Morgan fingerprint density at radius 1 is 1.67 bits per heavy atom. The lowest BCUT2D eigenvalue weighted by Crippen LogP contribution is -2.41. The summed E-state index contributed by atoms with van der Waals surface area (Å²) in [5.41, 5.74) is 0. The number of carbonyl (C=O) groups excluding carboxylic acids is 1. The molecule has 0 radical (unpaired) electrons. The molecular formula is C10H10BrClN2O3S. The Hall–Kier alpha value is -0.790. The van der Waals surface area contributed by atoms with Crippen molar-refractivity contribution in [3.05, 3.63) is 21.8 Å². The van der Waals surface area contributed by atoms with Crippen molar-refractivity contribution in [3.63, 3.8) is 0 Å². The van der Waals surface area contributed by atoms with E-state index in [4.69, 9.17) is 16.7 Å². The van der Waals surface area contributed by atoms with Crippen LogP contribution in [0.25, 0.3) is 0 Å². The number of amides is 1. The van der Waals surface area contributed by atoms with E-state index in [0.29, 0.717) is 10.0 Å². The van der Waals surface area contributed by atoms with Crippen LogP contribution < -0.4 is 5.32 Å². The number of carbonyl (C=O) groups is 2. The van der Waals surface area contributed by atoms with Crippen LogP contribution in [0.3, 0.4) is 0 Å². The molecule has 1 unspecified atom stereocenters. The van der Waals surface area contributed by atoms with Crippen LogP contribution in [0.1, 0.15) is 6.92 Å². The van der Waals surface area contributed by atoms with Crippen LogP contribution in [0.2, 0.25) is 5.02 Å². The number of nitrogens with one attached hydrogen (secondary N) is 1. The molecule has 0 fully saturated rings. The molecule has 1 aromatic heterocycles. The lowest BCUT2D eigenvalue weighted by atomic mass is 10.3. The van der Waals surface area contributed by atoms with Gasteiger partial charge >= 0.3 is 5.97 Å². The molecule has 18 heavy (non-hydrogen) atoms. The monoisotopic (exact) mass is 352 g/mol. The van der Waals surface area contributed by atoms with Crippen LogP contribution in [-0.4, -0.2) is 33.8 Å². The fourth-order valence-electron chi connectivity index (χ4n) is 1.09. The Balaban J connectivity index is 2.66. The summed E-state index contributed by atoms with van der Waals surface area (Å²) in [7, 11) is 0. The second-order valence-corrected chi connectivity index (χ2v) is 5.67. The SMILES string of the molecule is CC(=O)NC(CSc1ncc(Br)cc1Cl)C(=O)O. The fourth-order valence-corrected chi connectivity index (χ4v) is 2.76. The van der Waals surface area contributed by atoms with E-state index in [0.717, 1.165) is 4.47 Å². The van der Waals surface area contributed by atoms with Gasteiger partial charge in [0.15, 0.2) is 0 Å². The predicted octanol–water partition coefficient (Wildman–Crippen LogP) is 2.18. The number of hydrogen-bond acceptors (Lipinski definition) is 4. The predicted molar refractivity (Wildman–Crippen MR) is 72.9 cm³/mol. The first-order valence-electron chi connectivity index (χ1n) is 4.84. The van der Waals surface area contributed by atoms with Gasteiger partial charge in [0.1, 0.15) is 11.1 Å². The number of nitrogens with zero attached hydrogens (tertiary/aromatic N) is 1. The number of halogens is 2. The molecule has 98 valence electrons. The van der Waals surface area contributed by atoms with Crippen LogP contribution in [0.4, 0.5) is 0 Å². The van der Waals surface area contributed by atoms with Gasteiger partial charge in [0.05, 0.1) is 5.02 Å². The topological polar surface area (TPSA) is 79.3 Å². The van der Waals surface area contributed by atoms with Gasteiger partial charge in [-0.3, -0.25) is 4.79 Å². The first-order valence-corrected chi connectivity index (χ1v) is 6.99. The van der Waals surface area contributed by atoms with E-state index in [1.54, 1.807) is 12.3 Å². The van der Waals surface area contributed by atoms with Crippen molar-refractivity contribution in [2.45, 2.75) is 18.0 Å². The highest BCUT2D eigenvalue weighted by Gasteiger charge is 2.19. The number of pyridine rings is 1. The molecule has 1 heterocycles. The van der Waals surface area contributed by atoms with Crippen molar-refractivity contribution in [1.29, 1.82) is 0 Å². The Morgan fingerprint density at radius 2 is 2.33 bits per heavy atom. The quantitative estimate of drug-likeness (QED) is 0.793. The molecule has 0 saturated carbocycles. The molecule has 0 saturated heterocycles. The third-order valence-electron chi connectivity index (χ3n) is 1.84. The van der Waals surface area contributed by atoms with E-state index in [1.165, 1.54) is 18.7 Å². The van der Waals surface area contributed by atoms with Crippen molar-refractivity contribution in [1.82, 2.24) is 10.3 Å². The molecule has 1 rings (SSSR count). The molecule has 1 atom stereocenters. The summed E-state index contributed by atoms with van der Waals surface area (Å²) in [6.45, 7) is 1.27. The normalized spacial score (nSPS) is 11.9. The molecule has 1 amide bonds. The number of aliphatic carboxylic acids is 1. The third-order valence-corrected chi connectivity index (χ3v) is 3.77. The second-order valence-electron chi connectivity index (χ2n) is 3.34. The average Bonchev–Trinajstić information content (AvgIpc) is 2.25. The van der Waals surface area contributed by atoms with Gasteiger partial charge in [0, 0.05) is 23.3 Å². The third kappa shape index (κ3) is 4.83. The first kappa shape index (κ1) is 15.3. The minimum atomic E-state index is -1.09. The van der Waals surface area contributed by atoms with E-state index < -0.39 is 17.9 Å². The zero-order valence-corrected chi connectivity index (χ0v) is 12.5. The zero-order valence-electron chi connectivity index (χ0n) is 9.31. The summed E-state index contributed by atoms with van der Waals surface area (Å²) >= 11 is 10.3. The van der Waals surface area contributed by atoms with Crippen molar-refractivity contribution in [2.24, 2.45) is 0 Å². The van der Waals surface area contributed by atoms with Crippen molar-refractivity contribution in [2.75, 3.05) is 5.75 Å². The van der Waals surface area contributed by atoms with Crippen molar-refractivity contribution >= 4 is 51.2 Å². The molecular weight excluding hydrogens is 344 g/mol. The highest BCUT2D eigenvalue weighted by atomic mass is 79.9. The Kier molecular flexibility index (Phi) is 5.90. The van der Waals surface area contributed by atoms with E-state index >= 15 is 0 Å². The lowest BCUT2D eigenvalue weighted by molar-refractivity contribution is -0.140. The largest absolute Gasteiger partial charge is 0.480 e. The van der Waals surface area contributed by atoms with Gasteiger partial charge in [-0.15, -0.1) is 11.8 Å². The summed E-state index contributed by atoms with van der Waals surface area (Å²) in [4.78, 5) is 25.8. The highest BCUT2D eigenvalue weighted by Crippen LogP contribution is 2.27. The summed E-state index contributed by atoms with van der Waals surface area (Å²) in [6.07, 6.45) is 1.57. The number of aromatic nitrogens is 1. The van der Waals surface area contributed by atoms with Crippen LogP contribution >= 0.6 is 39.3 Å². The number of hydrogen-bond donors (Lipinski definition) is 2. The van der Waals surface area contributed by atoms with Crippen molar-refractivity contribution < 1.29 is 14.7 Å². The van der Waals surface area contributed by atoms with Gasteiger partial charge in [-0.25, -0.2) is 9.78 Å². The number of rotatable bonds is 5. The molecule has 0 aliphatic rings. The van der Waals surface area contributed by atoms with Gasteiger partial charge < -0.3 is 10.4 Å². The molecule has 8 heteroatoms. The van der Waals surface area contributed by atoms with E-state index in [1.807, 2.05) is 0 Å². The Labute approximate surface area is 121 Å². The number of thioether (sulfide) groups is 1. The van der Waals surface area contributed by atoms with Gasteiger partial charge in [0.25, 0.3) is 0 Å². The van der Waals surface area contributed by atoms with Gasteiger partial charge in [-0.1, -0.05) is 11.6 Å². The molecule has 2 N–H and O–H groups in total. The van der Waals surface area contributed by atoms with Gasteiger partial charge in [0.2, 0.25) is 5.91 Å². The maximum absolute atomic E-state index is 10.9. The summed E-state index contributed by atoms with van der Waals surface area (Å²) in [5.74, 6) is -1.33. The molecule has 0 aliphatic carbocycles. The summed E-state index contributed by atoms with van der Waals surface area (Å²) < 4.78 is 0.744. The van der Waals surface area contributed by atoms with E-state index in [9.17, 15) is 9.59 Å². The average molecular weight is 354 g/mol. The Morgan fingerprint density at radius 3 is 2.83 bits per heavy atom. The number of carboxylic acids is 1. The second kappa shape index (κ2) is 6.96. The van der Waals surface area contributed by atoms with Crippen molar-refractivity contribution in [3.8, 4) is 0 Å². The molecule has 1 aromatic rings. The fraction of sp³-hybridized carbons (Fsp3) is 0.300. The minimum Gasteiger partial charge on any atom is -0.480 e. The summed E-state index contributed by atoms with van der Waals surface area (Å²) in [5, 5.41) is 12.2.